The summed E-state index contributed by atoms with van der Waals surface area (Å²) >= 11 is 0. The highest BCUT2D eigenvalue weighted by Crippen LogP contribution is 2.31. The second-order valence-corrected chi connectivity index (χ2v) is 9.15. The summed E-state index contributed by atoms with van der Waals surface area (Å²) in [6.45, 7) is 4.81. The van der Waals surface area contributed by atoms with E-state index < -0.39 is 0 Å². The van der Waals surface area contributed by atoms with Gasteiger partial charge in [0.25, 0.3) is 5.91 Å². The van der Waals surface area contributed by atoms with Crippen molar-refractivity contribution in [3.63, 3.8) is 0 Å². The topological polar surface area (TPSA) is 62.6 Å². The number of piperidine rings is 2. The molecule has 1 N–H and O–H groups in total. The Kier molecular flexibility index (Phi) is 5.83. The van der Waals surface area contributed by atoms with E-state index in [1.807, 2.05) is 30.3 Å². The molecule has 166 valence electrons. The average Bonchev–Trinajstić information content (AvgIpc) is 2.85. The molecule has 3 aromatic rings. The number of rotatable bonds is 4. The molecule has 0 bridgehead atoms. The van der Waals surface area contributed by atoms with Crippen molar-refractivity contribution in [2.75, 3.05) is 19.6 Å². The molecule has 2 aliphatic rings. The van der Waals surface area contributed by atoms with Crippen LogP contribution in [0.25, 0.3) is 22.3 Å². The van der Waals surface area contributed by atoms with Crippen LogP contribution in [0.4, 0.5) is 0 Å². The lowest BCUT2D eigenvalue weighted by Gasteiger charge is -2.44. The monoisotopic (exact) mass is 430 g/mol. The molecule has 5 rings (SSSR count). The first-order valence-corrected chi connectivity index (χ1v) is 11.8. The van der Waals surface area contributed by atoms with Crippen molar-refractivity contribution < 1.29 is 9.21 Å². The quantitative estimate of drug-likeness (QED) is 0.648. The molecule has 5 nitrogen and oxygen atoms in total. The summed E-state index contributed by atoms with van der Waals surface area (Å²) in [5, 5.41) is 3.61. The van der Waals surface area contributed by atoms with Gasteiger partial charge in [-0.15, -0.1) is 0 Å². The van der Waals surface area contributed by atoms with Gasteiger partial charge in [-0.3, -0.25) is 9.59 Å². The van der Waals surface area contributed by atoms with Crippen LogP contribution in [0.2, 0.25) is 0 Å². The molecular weight excluding hydrogens is 400 g/mol. The zero-order valence-electron chi connectivity index (χ0n) is 18.6. The van der Waals surface area contributed by atoms with Gasteiger partial charge in [-0.2, -0.15) is 0 Å². The molecule has 2 aliphatic heterocycles. The minimum absolute atomic E-state index is 0.0927. The molecule has 0 saturated carbocycles. The Balaban J connectivity index is 1.44. The summed E-state index contributed by atoms with van der Waals surface area (Å²) in [6.07, 6.45) is 6.14. The minimum Gasteiger partial charge on any atom is -0.455 e. The van der Waals surface area contributed by atoms with Crippen molar-refractivity contribution in [2.24, 2.45) is 5.92 Å². The van der Waals surface area contributed by atoms with Gasteiger partial charge in [0.15, 0.2) is 11.0 Å². The number of hydrogen-bond donors (Lipinski definition) is 1. The molecule has 2 aromatic carbocycles. The van der Waals surface area contributed by atoms with E-state index in [0.717, 1.165) is 12.0 Å². The van der Waals surface area contributed by atoms with Crippen molar-refractivity contribution >= 4 is 16.9 Å². The zero-order valence-corrected chi connectivity index (χ0v) is 18.6. The van der Waals surface area contributed by atoms with Crippen molar-refractivity contribution in [1.29, 1.82) is 0 Å². The van der Waals surface area contributed by atoms with Crippen LogP contribution in [-0.4, -0.2) is 36.5 Å². The van der Waals surface area contributed by atoms with Crippen molar-refractivity contribution in [1.82, 2.24) is 10.2 Å². The van der Waals surface area contributed by atoms with Crippen molar-refractivity contribution in [3.8, 4) is 11.3 Å². The van der Waals surface area contributed by atoms with Crippen LogP contribution in [0.5, 0.6) is 0 Å². The number of para-hydroxylation sites is 1. The van der Waals surface area contributed by atoms with Gasteiger partial charge in [0, 0.05) is 23.7 Å². The Labute approximate surface area is 188 Å². The van der Waals surface area contributed by atoms with E-state index >= 15 is 0 Å². The maximum Gasteiger partial charge on any atom is 0.255 e. The van der Waals surface area contributed by atoms with E-state index in [0.29, 0.717) is 46.4 Å². The normalized spacial score (nSPS) is 21.3. The van der Waals surface area contributed by atoms with E-state index in [9.17, 15) is 9.59 Å². The van der Waals surface area contributed by atoms with Gasteiger partial charge in [0.2, 0.25) is 0 Å². The number of nitrogens with one attached hydrogen (secondary N) is 1. The molecule has 2 atom stereocenters. The van der Waals surface area contributed by atoms with Gasteiger partial charge in [-0.25, -0.2) is 0 Å². The molecule has 0 unspecified atom stereocenters. The van der Waals surface area contributed by atoms with E-state index in [2.05, 4.69) is 10.2 Å². The second kappa shape index (κ2) is 8.91. The predicted molar refractivity (Wildman–Crippen MR) is 127 cm³/mol. The lowest BCUT2D eigenvalue weighted by molar-refractivity contribution is 0.0576. The molecule has 1 aromatic heterocycles. The molecule has 1 amide bonds. The molecule has 32 heavy (non-hydrogen) atoms. The third-order valence-corrected chi connectivity index (χ3v) is 7.18. The predicted octanol–water partition coefficient (Wildman–Crippen LogP) is 4.76. The number of benzene rings is 2. The van der Waals surface area contributed by atoms with E-state index in [-0.39, 0.29) is 11.3 Å². The van der Waals surface area contributed by atoms with Gasteiger partial charge in [-0.1, -0.05) is 42.8 Å². The molecular formula is C27H30N2O3. The Bertz CT molecular complexity index is 1180. The summed E-state index contributed by atoms with van der Waals surface area (Å²) in [4.78, 5) is 28.9. The molecule has 0 spiro atoms. The van der Waals surface area contributed by atoms with Gasteiger partial charge < -0.3 is 14.6 Å². The van der Waals surface area contributed by atoms with Gasteiger partial charge >= 0.3 is 0 Å². The maximum absolute atomic E-state index is 13.2. The highest BCUT2D eigenvalue weighted by Gasteiger charge is 2.33. The third-order valence-electron chi connectivity index (χ3n) is 7.18. The lowest BCUT2D eigenvalue weighted by Crippen LogP contribution is -2.51. The number of hydrogen-bond acceptors (Lipinski definition) is 4. The fraction of sp³-hybridized carbons (Fsp3) is 0.407. The number of fused-ring (bicyclic) bond motifs is 2. The lowest BCUT2D eigenvalue weighted by atomic mass is 9.83. The molecule has 0 radical (unpaired) electrons. The summed E-state index contributed by atoms with van der Waals surface area (Å²) in [5.41, 5.74) is 2.08. The molecule has 5 heteroatoms. The average molecular weight is 431 g/mol. The van der Waals surface area contributed by atoms with Crippen LogP contribution in [-0.2, 0) is 0 Å². The third kappa shape index (κ3) is 3.86. The Morgan fingerprint density at radius 1 is 1.03 bits per heavy atom. The number of amides is 1. The van der Waals surface area contributed by atoms with E-state index in [1.165, 1.54) is 38.8 Å². The van der Waals surface area contributed by atoms with Crippen LogP contribution in [0.15, 0.2) is 57.7 Å². The Morgan fingerprint density at radius 3 is 2.69 bits per heavy atom. The van der Waals surface area contributed by atoms with Gasteiger partial charge in [-0.05, 0) is 63.7 Å². The first kappa shape index (κ1) is 21.0. The summed E-state index contributed by atoms with van der Waals surface area (Å²) in [5.74, 6) is 0.833. The van der Waals surface area contributed by atoms with Gasteiger partial charge in [0.05, 0.1) is 10.9 Å². The second-order valence-electron chi connectivity index (χ2n) is 9.15. The molecule has 2 saturated heterocycles. The van der Waals surface area contributed by atoms with Crippen molar-refractivity contribution in [2.45, 2.75) is 45.1 Å². The van der Waals surface area contributed by atoms with Crippen LogP contribution >= 0.6 is 0 Å². The molecule has 0 aliphatic carbocycles. The zero-order chi connectivity index (χ0) is 22.1. The van der Waals surface area contributed by atoms with Crippen LogP contribution in [0.3, 0.4) is 0 Å². The number of nitrogens with zero attached hydrogens (tertiary/aromatic N) is 1. The molecule has 3 heterocycles. The van der Waals surface area contributed by atoms with Gasteiger partial charge in [0.1, 0.15) is 5.76 Å². The summed E-state index contributed by atoms with van der Waals surface area (Å²) < 4.78 is 6.22. The number of carbonyl (C=O) groups excluding carboxylic acids is 1. The Morgan fingerprint density at radius 2 is 1.84 bits per heavy atom. The van der Waals surface area contributed by atoms with E-state index in [4.69, 9.17) is 4.42 Å². The smallest absolute Gasteiger partial charge is 0.255 e. The fourth-order valence-corrected chi connectivity index (χ4v) is 5.49. The maximum atomic E-state index is 13.2. The minimum atomic E-state index is -0.172. The number of carbonyl (C=O) groups is 1. The summed E-state index contributed by atoms with van der Waals surface area (Å²) in [6, 6.07) is 15.4. The first-order chi connectivity index (χ1) is 15.6. The Hall–Kier alpha value is -2.92. The van der Waals surface area contributed by atoms with Crippen molar-refractivity contribution in [3.05, 3.63) is 69.9 Å². The fourth-order valence-electron chi connectivity index (χ4n) is 5.49. The van der Waals surface area contributed by atoms with Crippen LogP contribution in [0, 0.1) is 12.8 Å². The highest BCUT2D eigenvalue weighted by molar-refractivity contribution is 6.05. The first-order valence-electron chi connectivity index (χ1n) is 11.8. The SMILES string of the molecule is Cc1c(-c2ccccc2)oc2c(C(=O)NC[C@@H]3CCCN4CCCC[C@H]34)cccc2c1=O. The van der Waals surface area contributed by atoms with Crippen LogP contribution in [0.1, 0.15) is 48.0 Å². The standard InChI is InChI=1S/C27H30N2O3/c1-18-24(30)21-12-7-13-22(26(21)32-25(18)19-9-3-2-4-10-19)27(31)28-17-20-11-8-16-29-15-6-5-14-23(20)29/h2-4,7,9-10,12-13,20,23H,5-6,8,11,14-17H2,1H3,(H,28,31)/t20-,23+/m0/s1. The summed E-state index contributed by atoms with van der Waals surface area (Å²) in [7, 11) is 0. The largest absolute Gasteiger partial charge is 0.455 e. The highest BCUT2D eigenvalue weighted by atomic mass is 16.3. The molecule has 2 fully saturated rings. The van der Waals surface area contributed by atoms with E-state index in [1.54, 1.807) is 25.1 Å². The van der Waals surface area contributed by atoms with Crippen LogP contribution < -0.4 is 10.7 Å².